The Hall–Kier alpha value is -2.18. The predicted molar refractivity (Wildman–Crippen MR) is 75.3 cm³/mol. The molecule has 0 saturated carbocycles. The lowest BCUT2D eigenvalue weighted by molar-refractivity contribution is -0.142. The molecule has 1 fully saturated rings. The molecular weight excluding hydrogens is 274 g/mol. The van der Waals surface area contributed by atoms with Gasteiger partial charge in [0.2, 0.25) is 5.95 Å². The first kappa shape index (κ1) is 15.2. The second-order valence-corrected chi connectivity index (χ2v) is 5.22. The van der Waals surface area contributed by atoms with Gasteiger partial charge in [0.05, 0.1) is 17.9 Å². The third kappa shape index (κ3) is 2.68. The number of nitrogens with zero attached hydrogens (tertiary/aromatic N) is 3. The molecule has 1 atom stereocenters. The molecule has 2 rings (SSSR count). The summed E-state index contributed by atoms with van der Waals surface area (Å²) >= 11 is 0. The van der Waals surface area contributed by atoms with Crippen LogP contribution in [0.3, 0.4) is 0 Å². The minimum absolute atomic E-state index is 0.281. The quantitative estimate of drug-likeness (QED) is 0.839. The largest absolute Gasteiger partial charge is 0.480 e. The minimum Gasteiger partial charge on any atom is -0.480 e. The van der Waals surface area contributed by atoms with Gasteiger partial charge < -0.3 is 14.7 Å². The van der Waals surface area contributed by atoms with E-state index in [1.54, 1.807) is 25.7 Å². The first-order valence-corrected chi connectivity index (χ1v) is 6.92. The van der Waals surface area contributed by atoms with Crippen molar-refractivity contribution >= 4 is 17.9 Å². The van der Waals surface area contributed by atoms with Crippen LogP contribution in [0.15, 0.2) is 6.20 Å². The molecular formula is C14H19N3O4. The maximum Gasteiger partial charge on any atom is 0.341 e. The zero-order valence-corrected chi connectivity index (χ0v) is 12.4. The van der Waals surface area contributed by atoms with E-state index in [1.165, 1.54) is 6.20 Å². The average Bonchev–Trinajstić information content (AvgIpc) is 2.82. The van der Waals surface area contributed by atoms with Crippen molar-refractivity contribution in [2.24, 2.45) is 0 Å². The average molecular weight is 293 g/mol. The molecule has 7 heteroatoms. The molecule has 1 aromatic heterocycles. The minimum atomic E-state index is -1.00. The van der Waals surface area contributed by atoms with Crippen LogP contribution in [0.4, 0.5) is 5.95 Å². The molecule has 0 radical (unpaired) electrons. The monoisotopic (exact) mass is 293 g/mol. The number of aromatic nitrogens is 2. The molecule has 1 N–H and O–H groups in total. The Bertz CT molecular complexity index is 575. The first-order valence-electron chi connectivity index (χ1n) is 6.92. The molecule has 1 aromatic rings. The Kier molecular flexibility index (Phi) is 4.11. The number of carbonyl (C=O) groups excluding carboxylic acids is 1. The van der Waals surface area contributed by atoms with E-state index in [4.69, 9.17) is 4.74 Å². The Labute approximate surface area is 123 Å². The van der Waals surface area contributed by atoms with Gasteiger partial charge in [-0.3, -0.25) is 0 Å². The van der Waals surface area contributed by atoms with Crippen LogP contribution in [-0.4, -0.2) is 45.7 Å². The number of carboxylic acid groups (broad SMARTS) is 1. The van der Waals surface area contributed by atoms with E-state index in [1.807, 2.05) is 0 Å². The van der Waals surface area contributed by atoms with Crippen LogP contribution in [0, 0.1) is 6.92 Å². The normalized spacial score (nSPS) is 21.4. The zero-order valence-electron chi connectivity index (χ0n) is 12.4. The molecule has 0 aromatic carbocycles. The van der Waals surface area contributed by atoms with Crippen LogP contribution >= 0.6 is 0 Å². The summed E-state index contributed by atoms with van der Waals surface area (Å²) in [6.07, 6.45) is 2.71. The Morgan fingerprint density at radius 1 is 1.52 bits per heavy atom. The fourth-order valence-electron chi connectivity index (χ4n) is 2.50. The number of ether oxygens (including phenoxy) is 1. The van der Waals surface area contributed by atoms with E-state index in [-0.39, 0.29) is 6.61 Å². The number of aliphatic carboxylic acids is 1. The standard InChI is InChI=1S/C14H19N3O4/c1-4-21-11(18)10-8-15-13(16-9(10)2)17-7-5-6-14(17,3)12(19)20/h8H,4-7H2,1-3H3,(H,19,20). The number of hydrogen-bond acceptors (Lipinski definition) is 6. The van der Waals surface area contributed by atoms with Crippen LogP contribution in [-0.2, 0) is 9.53 Å². The second kappa shape index (κ2) is 5.67. The smallest absolute Gasteiger partial charge is 0.341 e. The Morgan fingerprint density at radius 3 is 2.81 bits per heavy atom. The van der Waals surface area contributed by atoms with Gasteiger partial charge in [-0.25, -0.2) is 19.6 Å². The van der Waals surface area contributed by atoms with Gasteiger partial charge in [0.15, 0.2) is 0 Å². The predicted octanol–water partition coefficient (Wildman–Crippen LogP) is 1.41. The van der Waals surface area contributed by atoms with Crippen molar-refractivity contribution in [1.29, 1.82) is 0 Å². The molecule has 21 heavy (non-hydrogen) atoms. The highest BCUT2D eigenvalue weighted by Crippen LogP contribution is 2.32. The first-order chi connectivity index (χ1) is 9.90. The van der Waals surface area contributed by atoms with Gasteiger partial charge in [0.1, 0.15) is 5.54 Å². The van der Waals surface area contributed by atoms with Gasteiger partial charge in [-0.1, -0.05) is 0 Å². The maximum absolute atomic E-state index is 11.7. The molecule has 1 saturated heterocycles. The fourth-order valence-corrected chi connectivity index (χ4v) is 2.50. The fraction of sp³-hybridized carbons (Fsp3) is 0.571. The molecule has 2 heterocycles. The van der Waals surface area contributed by atoms with Crippen molar-refractivity contribution in [1.82, 2.24) is 9.97 Å². The Morgan fingerprint density at radius 2 is 2.24 bits per heavy atom. The van der Waals surface area contributed by atoms with Gasteiger partial charge in [0.25, 0.3) is 0 Å². The van der Waals surface area contributed by atoms with Crippen molar-refractivity contribution in [3.8, 4) is 0 Å². The van der Waals surface area contributed by atoms with Crippen molar-refractivity contribution in [3.05, 3.63) is 17.5 Å². The topological polar surface area (TPSA) is 92.6 Å². The van der Waals surface area contributed by atoms with E-state index in [0.29, 0.717) is 30.2 Å². The second-order valence-electron chi connectivity index (χ2n) is 5.22. The molecule has 1 aliphatic heterocycles. The van der Waals surface area contributed by atoms with E-state index < -0.39 is 17.5 Å². The number of carbonyl (C=O) groups is 2. The van der Waals surface area contributed by atoms with Crippen molar-refractivity contribution in [2.45, 2.75) is 39.2 Å². The Balaban J connectivity index is 2.32. The van der Waals surface area contributed by atoms with Crippen LogP contribution < -0.4 is 4.90 Å². The van der Waals surface area contributed by atoms with Crippen LogP contribution in [0.2, 0.25) is 0 Å². The summed E-state index contributed by atoms with van der Waals surface area (Å²) in [6, 6.07) is 0. The molecule has 0 spiro atoms. The summed E-state index contributed by atoms with van der Waals surface area (Å²) in [5, 5.41) is 9.41. The molecule has 7 nitrogen and oxygen atoms in total. The number of hydrogen-bond donors (Lipinski definition) is 1. The number of carboxylic acids is 1. The maximum atomic E-state index is 11.7. The molecule has 114 valence electrons. The summed E-state index contributed by atoms with van der Waals surface area (Å²) in [7, 11) is 0. The van der Waals surface area contributed by atoms with Crippen LogP contribution in [0.5, 0.6) is 0 Å². The van der Waals surface area contributed by atoms with Crippen LogP contribution in [0.1, 0.15) is 42.7 Å². The molecule has 1 unspecified atom stereocenters. The summed E-state index contributed by atoms with van der Waals surface area (Å²) < 4.78 is 4.93. The number of rotatable bonds is 4. The highest BCUT2D eigenvalue weighted by molar-refractivity contribution is 5.90. The summed E-state index contributed by atoms with van der Waals surface area (Å²) in [6.45, 7) is 5.95. The molecule has 0 aliphatic carbocycles. The van der Waals surface area contributed by atoms with Gasteiger partial charge >= 0.3 is 11.9 Å². The highest BCUT2D eigenvalue weighted by Gasteiger charge is 2.44. The summed E-state index contributed by atoms with van der Waals surface area (Å²) in [4.78, 5) is 33.3. The summed E-state index contributed by atoms with van der Waals surface area (Å²) in [5.41, 5.74) is -0.215. The molecule has 0 amide bonds. The van der Waals surface area contributed by atoms with E-state index in [9.17, 15) is 14.7 Å². The van der Waals surface area contributed by atoms with E-state index in [2.05, 4.69) is 9.97 Å². The third-order valence-electron chi connectivity index (χ3n) is 3.81. The summed E-state index contributed by atoms with van der Waals surface area (Å²) in [5.74, 6) is -1.03. The lowest BCUT2D eigenvalue weighted by Gasteiger charge is -2.31. The van der Waals surface area contributed by atoms with Crippen molar-refractivity contribution in [3.63, 3.8) is 0 Å². The molecule has 0 bridgehead atoms. The third-order valence-corrected chi connectivity index (χ3v) is 3.81. The van der Waals surface area contributed by atoms with Crippen molar-refractivity contribution in [2.75, 3.05) is 18.1 Å². The number of esters is 1. The van der Waals surface area contributed by atoms with Crippen LogP contribution in [0.25, 0.3) is 0 Å². The van der Waals surface area contributed by atoms with E-state index >= 15 is 0 Å². The van der Waals surface area contributed by atoms with Gasteiger partial charge in [-0.15, -0.1) is 0 Å². The number of aryl methyl sites for hydroxylation is 1. The SMILES string of the molecule is CCOC(=O)c1cnc(N2CCCC2(C)C(=O)O)nc1C. The van der Waals surface area contributed by atoms with Gasteiger partial charge in [-0.05, 0) is 33.6 Å². The van der Waals surface area contributed by atoms with Gasteiger partial charge in [-0.2, -0.15) is 0 Å². The number of anilines is 1. The van der Waals surface area contributed by atoms with E-state index in [0.717, 1.165) is 6.42 Å². The highest BCUT2D eigenvalue weighted by atomic mass is 16.5. The zero-order chi connectivity index (χ0) is 15.6. The molecule has 1 aliphatic rings. The lowest BCUT2D eigenvalue weighted by Crippen LogP contribution is -2.49. The van der Waals surface area contributed by atoms with Gasteiger partial charge in [0, 0.05) is 12.7 Å². The lowest BCUT2D eigenvalue weighted by atomic mass is 10.00. The van der Waals surface area contributed by atoms with Crippen molar-refractivity contribution < 1.29 is 19.4 Å².